The summed E-state index contributed by atoms with van der Waals surface area (Å²) < 4.78 is 10.5. The topological polar surface area (TPSA) is 56.5 Å². The molecule has 4 heteroatoms. The maximum atomic E-state index is 5.95. The van der Waals surface area contributed by atoms with Gasteiger partial charge in [-0.25, -0.2) is 0 Å². The van der Waals surface area contributed by atoms with Crippen LogP contribution in [0.3, 0.4) is 0 Å². The van der Waals surface area contributed by atoms with E-state index in [0.717, 1.165) is 29.1 Å². The van der Waals surface area contributed by atoms with E-state index in [2.05, 4.69) is 5.32 Å². The van der Waals surface area contributed by atoms with Gasteiger partial charge in [0.05, 0.1) is 14.2 Å². The van der Waals surface area contributed by atoms with Crippen molar-refractivity contribution in [1.29, 1.82) is 0 Å². The molecular formula is C13H16N2O2. The highest BCUT2D eigenvalue weighted by Crippen LogP contribution is 2.31. The zero-order valence-corrected chi connectivity index (χ0v) is 9.99. The van der Waals surface area contributed by atoms with Crippen molar-refractivity contribution in [1.82, 2.24) is 5.32 Å². The van der Waals surface area contributed by atoms with Gasteiger partial charge in [-0.15, -0.1) is 0 Å². The lowest BCUT2D eigenvalue weighted by molar-refractivity contribution is 0.355. The molecule has 1 aliphatic rings. The second-order valence-corrected chi connectivity index (χ2v) is 3.72. The molecule has 4 nitrogen and oxygen atoms in total. The number of nitrogens with two attached hydrogens (primary N) is 1. The van der Waals surface area contributed by atoms with E-state index in [0.29, 0.717) is 5.75 Å². The van der Waals surface area contributed by atoms with Crippen molar-refractivity contribution in [2.24, 2.45) is 5.73 Å². The number of ether oxygens (including phenoxy) is 2. The largest absolute Gasteiger partial charge is 0.493 e. The number of benzene rings is 1. The molecule has 0 aromatic heterocycles. The molecule has 0 radical (unpaired) electrons. The molecule has 1 aromatic carbocycles. The van der Waals surface area contributed by atoms with Crippen molar-refractivity contribution in [3.8, 4) is 11.5 Å². The number of hydrogen-bond donors (Lipinski definition) is 2. The van der Waals surface area contributed by atoms with E-state index < -0.39 is 0 Å². The third-order valence-electron chi connectivity index (χ3n) is 2.74. The molecule has 1 aromatic rings. The Bertz CT molecular complexity index is 478. The molecule has 0 unspecified atom stereocenters. The third-order valence-corrected chi connectivity index (χ3v) is 2.74. The summed E-state index contributed by atoms with van der Waals surface area (Å²) in [6, 6.07) is 5.79. The van der Waals surface area contributed by atoms with Gasteiger partial charge in [-0.1, -0.05) is 6.07 Å². The monoisotopic (exact) mass is 232 g/mol. The van der Waals surface area contributed by atoms with Crippen LogP contribution in [-0.2, 0) is 0 Å². The summed E-state index contributed by atoms with van der Waals surface area (Å²) in [5, 5.41) is 3.14. The van der Waals surface area contributed by atoms with E-state index in [1.165, 1.54) is 0 Å². The molecule has 0 saturated heterocycles. The van der Waals surface area contributed by atoms with Gasteiger partial charge in [-0.2, -0.15) is 0 Å². The van der Waals surface area contributed by atoms with Crippen molar-refractivity contribution in [3.63, 3.8) is 0 Å². The lowest BCUT2D eigenvalue weighted by Gasteiger charge is -2.16. The van der Waals surface area contributed by atoms with Crippen molar-refractivity contribution in [3.05, 3.63) is 41.7 Å². The number of methoxy groups -OCH3 is 2. The minimum absolute atomic E-state index is 0.708. The first-order valence-electron chi connectivity index (χ1n) is 5.37. The fourth-order valence-corrected chi connectivity index (χ4v) is 1.81. The molecule has 3 N–H and O–H groups in total. The van der Waals surface area contributed by atoms with Gasteiger partial charge < -0.3 is 20.5 Å². The minimum atomic E-state index is 0.708. The summed E-state index contributed by atoms with van der Waals surface area (Å²) in [7, 11) is 3.24. The normalized spacial score (nSPS) is 14.5. The van der Waals surface area contributed by atoms with Crippen LogP contribution < -0.4 is 20.5 Å². The lowest BCUT2D eigenvalue weighted by Crippen LogP contribution is -2.17. The quantitative estimate of drug-likeness (QED) is 0.829. The molecule has 0 spiro atoms. The van der Waals surface area contributed by atoms with Gasteiger partial charge in [0.2, 0.25) is 0 Å². The summed E-state index contributed by atoms with van der Waals surface area (Å²) in [6.45, 7) is 0.720. The Balaban J connectivity index is 2.43. The summed E-state index contributed by atoms with van der Waals surface area (Å²) in [6.07, 6.45) is 3.70. The predicted molar refractivity (Wildman–Crippen MR) is 67.8 cm³/mol. The van der Waals surface area contributed by atoms with Gasteiger partial charge in [0.15, 0.2) is 11.5 Å². The third kappa shape index (κ3) is 2.20. The SMILES string of the molecule is COc1ccc(C2=C(N)C=CNC2)cc1OC. The van der Waals surface area contributed by atoms with Crippen molar-refractivity contribution in [2.75, 3.05) is 20.8 Å². The van der Waals surface area contributed by atoms with Gasteiger partial charge in [-0.05, 0) is 30.0 Å². The molecule has 0 bridgehead atoms. The molecular weight excluding hydrogens is 216 g/mol. The fraction of sp³-hybridized carbons (Fsp3) is 0.231. The molecule has 90 valence electrons. The first kappa shape index (κ1) is 11.4. The Morgan fingerprint density at radius 2 is 1.94 bits per heavy atom. The molecule has 0 aliphatic carbocycles. The van der Waals surface area contributed by atoms with E-state index in [9.17, 15) is 0 Å². The average molecular weight is 232 g/mol. The molecule has 1 aliphatic heterocycles. The highest BCUT2D eigenvalue weighted by Gasteiger charge is 2.11. The van der Waals surface area contributed by atoms with Crippen LogP contribution in [0.2, 0.25) is 0 Å². The zero-order valence-electron chi connectivity index (χ0n) is 9.99. The smallest absolute Gasteiger partial charge is 0.161 e. The minimum Gasteiger partial charge on any atom is -0.493 e. The predicted octanol–water partition coefficient (Wildman–Crippen LogP) is 1.49. The lowest BCUT2D eigenvalue weighted by atomic mass is 10.0. The van der Waals surface area contributed by atoms with Gasteiger partial charge in [-0.3, -0.25) is 0 Å². The molecule has 1 heterocycles. The Hall–Kier alpha value is -2.10. The molecule has 2 rings (SSSR count). The van der Waals surface area contributed by atoms with Crippen LogP contribution in [0.25, 0.3) is 5.57 Å². The van der Waals surface area contributed by atoms with E-state index in [1.54, 1.807) is 14.2 Å². The second kappa shape index (κ2) is 4.82. The van der Waals surface area contributed by atoms with Crippen LogP contribution in [0.15, 0.2) is 36.2 Å². The number of rotatable bonds is 3. The Morgan fingerprint density at radius 1 is 1.18 bits per heavy atom. The van der Waals surface area contributed by atoms with Gasteiger partial charge in [0, 0.05) is 17.8 Å². The number of allylic oxidation sites excluding steroid dienone is 1. The van der Waals surface area contributed by atoms with Crippen LogP contribution in [0.1, 0.15) is 5.56 Å². The maximum Gasteiger partial charge on any atom is 0.161 e. The number of hydrogen-bond acceptors (Lipinski definition) is 4. The zero-order chi connectivity index (χ0) is 12.3. The molecule has 0 amide bonds. The van der Waals surface area contributed by atoms with Gasteiger partial charge in [0.25, 0.3) is 0 Å². The van der Waals surface area contributed by atoms with Gasteiger partial charge in [0.1, 0.15) is 0 Å². The molecule has 0 saturated carbocycles. The first-order valence-corrected chi connectivity index (χ1v) is 5.37. The van der Waals surface area contributed by atoms with Crippen molar-refractivity contribution >= 4 is 5.57 Å². The molecule has 0 atom stereocenters. The molecule has 17 heavy (non-hydrogen) atoms. The van der Waals surface area contributed by atoms with Crippen LogP contribution in [-0.4, -0.2) is 20.8 Å². The highest BCUT2D eigenvalue weighted by molar-refractivity contribution is 5.74. The van der Waals surface area contributed by atoms with E-state index >= 15 is 0 Å². The van der Waals surface area contributed by atoms with Crippen LogP contribution in [0, 0.1) is 0 Å². The molecule has 0 fully saturated rings. The number of dihydropyridines is 1. The second-order valence-electron chi connectivity index (χ2n) is 3.72. The Labute approximate surface area is 101 Å². The van der Waals surface area contributed by atoms with Crippen molar-refractivity contribution < 1.29 is 9.47 Å². The number of nitrogens with one attached hydrogen (secondary N) is 1. The average Bonchev–Trinajstić information content (AvgIpc) is 2.38. The van der Waals surface area contributed by atoms with Crippen LogP contribution >= 0.6 is 0 Å². The van der Waals surface area contributed by atoms with Crippen molar-refractivity contribution in [2.45, 2.75) is 0 Å². The summed E-state index contributed by atoms with van der Waals surface area (Å²) in [4.78, 5) is 0. The first-order chi connectivity index (χ1) is 8.26. The highest BCUT2D eigenvalue weighted by atomic mass is 16.5. The van der Waals surface area contributed by atoms with Crippen LogP contribution in [0.4, 0.5) is 0 Å². The van der Waals surface area contributed by atoms with E-state index in [-0.39, 0.29) is 0 Å². The summed E-state index contributed by atoms with van der Waals surface area (Å²) in [5.41, 5.74) is 8.83. The Morgan fingerprint density at radius 3 is 2.59 bits per heavy atom. The standard InChI is InChI=1S/C13H16N2O2/c1-16-12-4-3-9(7-13(12)17-2)10-8-15-6-5-11(10)14/h3-7,15H,8,14H2,1-2H3. The maximum absolute atomic E-state index is 5.95. The van der Waals surface area contributed by atoms with E-state index in [1.807, 2.05) is 30.5 Å². The Kier molecular flexibility index (Phi) is 3.23. The summed E-state index contributed by atoms with van der Waals surface area (Å²) >= 11 is 0. The fourth-order valence-electron chi connectivity index (χ4n) is 1.81. The van der Waals surface area contributed by atoms with Crippen LogP contribution in [0.5, 0.6) is 11.5 Å². The summed E-state index contributed by atoms with van der Waals surface area (Å²) in [5.74, 6) is 1.43. The van der Waals surface area contributed by atoms with Gasteiger partial charge >= 0.3 is 0 Å². The van der Waals surface area contributed by atoms with E-state index in [4.69, 9.17) is 15.2 Å².